The second-order valence-corrected chi connectivity index (χ2v) is 3.35. The predicted octanol–water partition coefficient (Wildman–Crippen LogP) is 2.44. The van der Waals surface area contributed by atoms with E-state index in [1.165, 1.54) is 0 Å². The third-order valence-corrected chi connectivity index (χ3v) is 2.17. The zero-order valence-electron chi connectivity index (χ0n) is 9.34. The maximum Gasteiger partial charge on any atom is 0.573 e. The highest BCUT2D eigenvalue weighted by molar-refractivity contribution is 5.42. The Bertz CT molecular complexity index is 495. The lowest BCUT2D eigenvalue weighted by molar-refractivity contribution is -0.275. The summed E-state index contributed by atoms with van der Waals surface area (Å²) in [6, 6.07) is 1.67. The van der Waals surface area contributed by atoms with E-state index in [-0.39, 0.29) is 17.7 Å². The van der Waals surface area contributed by atoms with Gasteiger partial charge in [0.1, 0.15) is 0 Å². The third kappa shape index (κ3) is 3.75. The fraction of sp³-hybridized carbons (Fsp3) is 0.400. The zero-order chi connectivity index (χ0) is 14.6. The number of nitrogens with zero attached hydrogens (tertiary/aromatic N) is 2. The Morgan fingerprint density at radius 1 is 1.42 bits per heavy atom. The van der Waals surface area contributed by atoms with Gasteiger partial charge < -0.3 is 10.5 Å². The molecule has 1 aromatic heterocycles. The van der Waals surface area contributed by atoms with E-state index in [1.54, 1.807) is 6.07 Å². The van der Waals surface area contributed by atoms with E-state index in [2.05, 4.69) is 9.72 Å². The molecule has 0 aliphatic rings. The summed E-state index contributed by atoms with van der Waals surface area (Å²) in [6.45, 7) is -0.473. The van der Waals surface area contributed by atoms with Crippen molar-refractivity contribution in [2.75, 3.05) is 0 Å². The van der Waals surface area contributed by atoms with Crippen LogP contribution in [0, 0.1) is 11.3 Å². The molecule has 1 aromatic rings. The quantitative estimate of drug-likeness (QED) is 0.860. The van der Waals surface area contributed by atoms with E-state index >= 15 is 0 Å². The van der Waals surface area contributed by atoms with Gasteiger partial charge in [-0.2, -0.15) is 5.26 Å². The van der Waals surface area contributed by atoms with E-state index in [0.717, 1.165) is 0 Å². The van der Waals surface area contributed by atoms with Gasteiger partial charge in [0.2, 0.25) is 0 Å². The van der Waals surface area contributed by atoms with Crippen LogP contribution in [0.15, 0.2) is 6.20 Å². The zero-order valence-corrected chi connectivity index (χ0v) is 9.34. The summed E-state index contributed by atoms with van der Waals surface area (Å²) < 4.78 is 65.5. The molecule has 0 unspecified atom stereocenters. The summed E-state index contributed by atoms with van der Waals surface area (Å²) in [6.07, 6.45) is -8.16. The Kier molecular flexibility index (Phi) is 4.61. The van der Waals surface area contributed by atoms with Gasteiger partial charge in [0, 0.05) is 12.1 Å². The van der Waals surface area contributed by atoms with Crippen molar-refractivity contribution in [2.45, 2.75) is 25.8 Å². The molecule has 104 valence electrons. The molecule has 19 heavy (non-hydrogen) atoms. The molecule has 2 N–H and O–H groups in total. The molecule has 0 saturated heterocycles. The summed E-state index contributed by atoms with van der Waals surface area (Å²) in [5.74, 6) is -1.11. The predicted molar refractivity (Wildman–Crippen MR) is 53.1 cm³/mol. The van der Waals surface area contributed by atoms with Crippen LogP contribution in [-0.2, 0) is 13.0 Å². The second-order valence-electron chi connectivity index (χ2n) is 3.35. The van der Waals surface area contributed by atoms with Crippen molar-refractivity contribution >= 4 is 0 Å². The van der Waals surface area contributed by atoms with Crippen LogP contribution in [0.4, 0.5) is 22.0 Å². The highest BCUT2D eigenvalue weighted by Crippen LogP contribution is 2.36. The molecular formula is C10H8F5N3O. The third-order valence-electron chi connectivity index (χ3n) is 2.17. The summed E-state index contributed by atoms with van der Waals surface area (Å²) in [5.41, 5.74) is 3.85. The van der Waals surface area contributed by atoms with Crippen LogP contribution in [0.2, 0.25) is 0 Å². The fourth-order valence-electron chi connectivity index (χ4n) is 1.49. The van der Waals surface area contributed by atoms with E-state index < -0.39 is 30.6 Å². The van der Waals surface area contributed by atoms with Crippen molar-refractivity contribution in [3.05, 3.63) is 23.0 Å². The monoisotopic (exact) mass is 281 g/mol. The first-order valence-electron chi connectivity index (χ1n) is 4.91. The van der Waals surface area contributed by atoms with E-state index in [4.69, 9.17) is 11.0 Å². The number of nitriles is 1. The molecule has 0 amide bonds. The molecule has 1 heterocycles. The summed E-state index contributed by atoms with van der Waals surface area (Å²) in [7, 11) is 0. The molecule has 0 spiro atoms. The van der Waals surface area contributed by atoms with Crippen molar-refractivity contribution in [1.82, 2.24) is 4.98 Å². The van der Waals surface area contributed by atoms with E-state index in [1.807, 2.05) is 0 Å². The van der Waals surface area contributed by atoms with Crippen LogP contribution in [0.1, 0.15) is 23.2 Å². The number of pyridine rings is 1. The number of aromatic nitrogens is 1. The average Bonchev–Trinajstić information content (AvgIpc) is 2.28. The molecule has 4 nitrogen and oxygen atoms in total. The van der Waals surface area contributed by atoms with Gasteiger partial charge in [-0.3, -0.25) is 4.98 Å². The van der Waals surface area contributed by atoms with Crippen LogP contribution >= 0.6 is 0 Å². The van der Waals surface area contributed by atoms with Gasteiger partial charge in [0.05, 0.1) is 29.9 Å². The highest BCUT2D eigenvalue weighted by atomic mass is 19.4. The van der Waals surface area contributed by atoms with Gasteiger partial charge in [-0.05, 0) is 0 Å². The summed E-state index contributed by atoms with van der Waals surface area (Å²) in [5, 5.41) is 8.50. The minimum Gasteiger partial charge on any atom is -0.404 e. The van der Waals surface area contributed by atoms with Gasteiger partial charge in [0.15, 0.2) is 5.75 Å². The van der Waals surface area contributed by atoms with E-state index in [9.17, 15) is 22.0 Å². The first-order chi connectivity index (χ1) is 8.80. The SMILES string of the molecule is N#CCc1ncc(OC(F)(F)F)c(C(F)F)c1CN. The van der Waals surface area contributed by atoms with E-state index in [0.29, 0.717) is 6.20 Å². The Morgan fingerprint density at radius 2 is 2.05 bits per heavy atom. The normalized spacial score (nSPS) is 11.5. The number of halogens is 5. The van der Waals surface area contributed by atoms with Crippen molar-refractivity contribution in [1.29, 1.82) is 5.26 Å². The summed E-state index contributed by atoms with van der Waals surface area (Å²) in [4.78, 5) is 3.51. The molecule has 0 radical (unpaired) electrons. The van der Waals surface area contributed by atoms with Crippen molar-refractivity contribution < 1.29 is 26.7 Å². The molecular weight excluding hydrogens is 273 g/mol. The van der Waals surface area contributed by atoms with Gasteiger partial charge in [-0.1, -0.05) is 0 Å². The largest absolute Gasteiger partial charge is 0.573 e. The number of nitrogens with two attached hydrogens (primary N) is 1. The molecule has 0 aliphatic heterocycles. The number of rotatable bonds is 4. The van der Waals surface area contributed by atoms with Gasteiger partial charge >= 0.3 is 6.36 Å². The van der Waals surface area contributed by atoms with Crippen LogP contribution in [0.5, 0.6) is 5.75 Å². The molecule has 1 rings (SSSR count). The second kappa shape index (κ2) is 5.79. The molecule has 0 saturated carbocycles. The molecule has 0 bridgehead atoms. The van der Waals surface area contributed by atoms with Crippen molar-refractivity contribution in [2.24, 2.45) is 5.73 Å². The van der Waals surface area contributed by atoms with Crippen molar-refractivity contribution in [3.63, 3.8) is 0 Å². The molecule has 0 atom stereocenters. The standard InChI is InChI=1S/C10H8F5N3O/c11-9(12)8-5(3-17)6(1-2-16)18-4-7(8)19-10(13,14)15/h4,9H,1,3,17H2. The average molecular weight is 281 g/mol. The first-order valence-corrected chi connectivity index (χ1v) is 4.91. The van der Waals surface area contributed by atoms with Gasteiger partial charge in [-0.15, -0.1) is 13.2 Å². The minimum atomic E-state index is -5.12. The molecule has 9 heteroatoms. The molecule has 0 fully saturated rings. The number of alkyl halides is 5. The lowest BCUT2D eigenvalue weighted by Crippen LogP contribution is -2.20. The topological polar surface area (TPSA) is 71.9 Å². The lowest BCUT2D eigenvalue weighted by atomic mass is 10.0. The Hall–Kier alpha value is -1.95. The van der Waals surface area contributed by atoms with Gasteiger partial charge in [-0.25, -0.2) is 8.78 Å². The molecule has 0 aliphatic carbocycles. The minimum absolute atomic E-state index is 0.0881. The fourth-order valence-corrected chi connectivity index (χ4v) is 1.49. The van der Waals surface area contributed by atoms with Crippen LogP contribution in [-0.4, -0.2) is 11.3 Å². The smallest absolute Gasteiger partial charge is 0.404 e. The molecule has 0 aromatic carbocycles. The van der Waals surface area contributed by atoms with Crippen molar-refractivity contribution in [3.8, 4) is 11.8 Å². The first kappa shape index (κ1) is 15.1. The Labute approximate surface area is 104 Å². The summed E-state index contributed by atoms with van der Waals surface area (Å²) >= 11 is 0. The highest BCUT2D eigenvalue weighted by Gasteiger charge is 2.34. The number of hydrogen-bond donors (Lipinski definition) is 1. The lowest BCUT2D eigenvalue weighted by Gasteiger charge is -2.17. The maximum atomic E-state index is 12.9. The number of ether oxygens (including phenoxy) is 1. The number of hydrogen-bond acceptors (Lipinski definition) is 4. The Balaban J connectivity index is 3.38. The van der Waals surface area contributed by atoms with Crippen LogP contribution in [0.3, 0.4) is 0 Å². The van der Waals surface area contributed by atoms with Gasteiger partial charge in [0.25, 0.3) is 6.43 Å². The maximum absolute atomic E-state index is 12.9. The van der Waals surface area contributed by atoms with Crippen LogP contribution in [0.25, 0.3) is 0 Å². The Morgan fingerprint density at radius 3 is 2.47 bits per heavy atom. The van der Waals surface area contributed by atoms with Crippen LogP contribution < -0.4 is 10.5 Å².